The second kappa shape index (κ2) is 8.20. The Kier molecular flexibility index (Phi) is 6.01. The molecule has 30 heavy (non-hydrogen) atoms. The first kappa shape index (κ1) is 22.0. The summed E-state index contributed by atoms with van der Waals surface area (Å²) in [5, 5.41) is 15.2. The normalized spacial score (nSPS) is 15.1. The first-order valence-electron chi connectivity index (χ1n) is 9.24. The van der Waals surface area contributed by atoms with E-state index in [-0.39, 0.29) is 17.3 Å². The predicted octanol–water partition coefficient (Wildman–Crippen LogP) is 3.90. The van der Waals surface area contributed by atoms with Crippen molar-refractivity contribution in [2.75, 3.05) is 22.7 Å². The van der Waals surface area contributed by atoms with E-state index in [4.69, 9.17) is 0 Å². The van der Waals surface area contributed by atoms with E-state index >= 15 is 0 Å². The van der Waals surface area contributed by atoms with E-state index in [1.54, 1.807) is 17.8 Å². The lowest BCUT2D eigenvalue weighted by atomic mass is 9.99. The highest BCUT2D eigenvalue weighted by molar-refractivity contribution is 7.93. The van der Waals surface area contributed by atoms with E-state index in [0.717, 1.165) is 18.5 Å². The predicted molar refractivity (Wildman–Crippen MR) is 106 cm³/mol. The zero-order valence-electron chi connectivity index (χ0n) is 16.7. The Morgan fingerprint density at radius 2 is 2.00 bits per heavy atom. The number of sulfonamides is 1. The summed E-state index contributed by atoms with van der Waals surface area (Å²) in [5.74, 6) is 0.445. The molecule has 13 heteroatoms. The number of nitrogens with zero attached hydrogens (tertiary/aromatic N) is 6. The smallest absolute Gasteiger partial charge is 0.371 e. The number of anilines is 2. The Balaban J connectivity index is 2.08. The van der Waals surface area contributed by atoms with Crippen molar-refractivity contribution in [3.63, 3.8) is 0 Å². The van der Waals surface area contributed by atoms with Crippen LogP contribution in [0.1, 0.15) is 25.8 Å². The van der Waals surface area contributed by atoms with Gasteiger partial charge in [-0.3, -0.25) is 4.72 Å². The summed E-state index contributed by atoms with van der Waals surface area (Å²) in [7, 11) is -4.00. The molecule has 1 N–H and O–H groups in total. The SMILES string of the molecule is CC(C)CN1CCCc2cc(N=Nc3nncn3C)c(NS(=O)(=O)C(F)(F)F)cc21. The maximum Gasteiger partial charge on any atom is 0.516 e. The number of halogens is 3. The number of hydrogen-bond acceptors (Lipinski definition) is 7. The monoisotopic (exact) mass is 445 g/mol. The molecular weight excluding hydrogens is 423 g/mol. The number of rotatable bonds is 6. The molecule has 0 bridgehead atoms. The van der Waals surface area contributed by atoms with Crippen LogP contribution in [0.2, 0.25) is 0 Å². The second-order valence-corrected chi connectivity index (χ2v) is 9.11. The summed E-state index contributed by atoms with van der Waals surface area (Å²) in [6.07, 6.45) is 2.95. The fraction of sp³-hybridized carbons (Fsp3) is 0.529. The van der Waals surface area contributed by atoms with Crippen LogP contribution >= 0.6 is 0 Å². The lowest BCUT2D eigenvalue weighted by molar-refractivity contribution is -0.0429. The average Bonchev–Trinajstić information content (AvgIpc) is 3.04. The maximum absolute atomic E-state index is 13.0. The van der Waals surface area contributed by atoms with Gasteiger partial charge in [0.15, 0.2) is 0 Å². The summed E-state index contributed by atoms with van der Waals surface area (Å²) < 4.78 is 65.5. The fourth-order valence-corrected chi connectivity index (χ4v) is 3.73. The van der Waals surface area contributed by atoms with Crippen LogP contribution in [0.3, 0.4) is 0 Å². The first-order valence-corrected chi connectivity index (χ1v) is 10.7. The third-order valence-corrected chi connectivity index (χ3v) is 5.58. The van der Waals surface area contributed by atoms with Crippen LogP contribution in [0.15, 0.2) is 28.7 Å². The van der Waals surface area contributed by atoms with Crippen molar-refractivity contribution in [2.45, 2.75) is 32.2 Å². The molecule has 3 rings (SSSR count). The largest absolute Gasteiger partial charge is 0.516 e. The summed E-state index contributed by atoms with van der Waals surface area (Å²) in [4.78, 5) is 2.04. The van der Waals surface area contributed by atoms with Gasteiger partial charge in [0.25, 0.3) is 5.95 Å². The van der Waals surface area contributed by atoms with E-state index in [0.29, 0.717) is 24.6 Å². The molecule has 0 radical (unpaired) electrons. The topological polar surface area (TPSA) is 105 Å². The number of nitrogens with one attached hydrogen (secondary N) is 1. The number of alkyl halides is 3. The van der Waals surface area contributed by atoms with Crippen molar-refractivity contribution in [1.82, 2.24) is 14.8 Å². The van der Waals surface area contributed by atoms with E-state index in [1.165, 1.54) is 17.0 Å². The molecule has 1 aliphatic rings. The number of aryl methyl sites for hydroxylation is 2. The lowest BCUT2D eigenvalue weighted by Crippen LogP contribution is -2.33. The standard InChI is InChI=1S/C17H22F3N7O2S/c1-11(2)9-27-6-4-5-12-7-13(22-24-16-23-21-10-26(16)3)14(8-15(12)27)25-30(28,29)17(18,19)20/h7-8,10-11,25H,4-6,9H2,1-3H3. The summed E-state index contributed by atoms with van der Waals surface area (Å²) in [6.45, 7) is 5.49. The highest BCUT2D eigenvalue weighted by Gasteiger charge is 2.46. The van der Waals surface area contributed by atoms with Gasteiger partial charge in [-0.05, 0) is 36.5 Å². The average molecular weight is 445 g/mol. The van der Waals surface area contributed by atoms with Gasteiger partial charge in [-0.15, -0.1) is 20.4 Å². The van der Waals surface area contributed by atoms with Crippen LogP contribution in [0.5, 0.6) is 0 Å². The molecular formula is C17H22F3N7O2S. The molecule has 0 saturated carbocycles. The minimum Gasteiger partial charge on any atom is -0.371 e. The van der Waals surface area contributed by atoms with E-state index < -0.39 is 15.5 Å². The third kappa shape index (κ3) is 4.71. The summed E-state index contributed by atoms with van der Waals surface area (Å²) >= 11 is 0. The molecule has 1 aromatic carbocycles. The van der Waals surface area contributed by atoms with Crippen molar-refractivity contribution in [3.05, 3.63) is 24.0 Å². The highest BCUT2D eigenvalue weighted by Crippen LogP contribution is 2.39. The van der Waals surface area contributed by atoms with Crippen LogP contribution in [0, 0.1) is 5.92 Å². The molecule has 1 aliphatic heterocycles. The molecule has 0 unspecified atom stereocenters. The van der Waals surface area contributed by atoms with E-state index in [2.05, 4.69) is 20.4 Å². The fourth-order valence-electron chi connectivity index (χ4n) is 3.16. The molecule has 0 atom stereocenters. The van der Waals surface area contributed by atoms with Gasteiger partial charge in [-0.25, -0.2) is 0 Å². The molecule has 164 valence electrons. The molecule has 1 aromatic heterocycles. The van der Waals surface area contributed by atoms with Gasteiger partial charge in [-0.2, -0.15) is 21.6 Å². The summed E-state index contributed by atoms with van der Waals surface area (Å²) in [5.41, 5.74) is -4.24. The minimum absolute atomic E-state index is 0.0315. The molecule has 0 amide bonds. The Hall–Kier alpha value is -2.70. The third-order valence-electron chi connectivity index (χ3n) is 4.48. The van der Waals surface area contributed by atoms with Gasteiger partial charge in [0.2, 0.25) is 0 Å². The Labute approximate surface area is 172 Å². The van der Waals surface area contributed by atoms with Crippen molar-refractivity contribution in [1.29, 1.82) is 0 Å². The van der Waals surface area contributed by atoms with Gasteiger partial charge in [0, 0.05) is 25.8 Å². The van der Waals surface area contributed by atoms with E-state index in [9.17, 15) is 21.6 Å². The quantitative estimate of drug-likeness (QED) is 0.679. The maximum atomic E-state index is 13.0. The molecule has 0 fully saturated rings. The first-order chi connectivity index (χ1) is 14.0. The Morgan fingerprint density at radius 3 is 2.60 bits per heavy atom. The number of fused-ring (bicyclic) bond motifs is 1. The highest BCUT2D eigenvalue weighted by atomic mass is 32.2. The second-order valence-electron chi connectivity index (χ2n) is 7.43. The van der Waals surface area contributed by atoms with Gasteiger partial charge in [-0.1, -0.05) is 13.8 Å². The van der Waals surface area contributed by atoms with Crippen LogP contribution in [0.4, 0.5) is 36.2 Å². The number of benzene rings is 1. The molecule has 0 saturated heterocycles. The molecule has 0 spiro atoms. The van der Waals surface area contributed by atoms with Crippen LogP contribution in [-0.4, -0.2) is 41.8 Å². The van der Waals surface area contributed by atoms with Gasteiger partial charge >= 0.3 is 15.5 Å². The number of hydrogen-bond donors (Lipinski definition) is 1. The van der Waals surface area contributed by atoms with Crippen LogP contribution < -0.4 is 9.62 Å². The lowest BCUT2D eigenvalue weighted by Gasteiger charge is -2.33. The molecule has 0 aliphatic carbocycles. The Bertz CT molecular complexity index is 1050. The molecule has 9 nitrogen and oxygen atoms in total. The van der Waals surface area contributed by atoms with Crippen molar-refractivity contribution in [2.24, 2.45) is 23.2 Å². The minimum atomic E-state index is -5.62. The molecule has 2 aromatic rings. The van der Waals surface area contributed by atoms with Crippen LogP contribution in [-0.2, 0) is 23.5 Å². The number of azo groups is 1. The zero-order valence-corrected chi connectivity index (χ0v) is 17.5. The Morgan fingerprint density at radius 1 is 1.27 bits per heavy atom. The van der Waals surface area contributed by atoms with Crippen molar-refractivity contribution < 1.29 is 21.6 Å². The van der Waals surface area contributed by atoms with Crippen LogP contribution in [0.25, 0.3) is 0 Å². The summed E-state index contributed by atoms with van der Waals surface area (Å²) in [6, 6.07) is 2.96. The number of aromatic nitrogens is 3. The van der Waals surface area contributed by atoms with Crippen molar-refractivity contribution >= 4 is 33.0 Å². The zero-order chi connectivity index (χ0) is 22.1. The molecule has 2 heterocycles. The van der Waals surface area contributed by atoms with Crippen molar-refractivity contribution in [3.8, 4) is 0 Å². The van der Waals surface area contributed by atoms with Gasteiger partial charge < -0.3 is 9.47 Å². The van der Waals surface area contributed by atoms with Gasteiger partial charge in [0.1, 0.15) is 12.0 Å². The van der Waals surface area contributed by atoms with E-state index in [1.807, 2.05) is 18.7 Å². The van der Waals surface area contributed by atoms with Gasteiger partial charge in [0.05, 0.1) is 5.69 Å².